The Morgan fingerprint density at radius 2 is 2.27 bits per heavy atom. The van der Waals surface area contributed by atoms with Crippen molar-refractivity contribution in [2.45, 2.75) is 20.3 Å². The summed E-state index contributed by atoms with van der Waals surface area (Å²) in [5, 5.41) is 0. The first-order chi connectivity index (χ1) is 5.26. The molecular formula is C7H12N4. The molecule has 0 atom stereocenters. The van der Waals surface area contributed by atoms with Crippen molar-refractivity contribution < 1.29 is 0 Å². The largest absolute Gasteiger partial charge is 0.308 e. The van der Waals surface area contributed by atoms with Crippen LogP contribution >= 0.6 is 0 Å². The van der Waals surface area contributed by atoms with Crippen molar-refractivity contribution >= 4 is 5.82 Å². The predicted molar refractivity (Wildman–Crippen MR) is 44.0 cm³/mol. The molecule has 0 saturated heterocycles. The summed E-state index contributed by atoms with van der Waals surface area (Å²) in [7, 11) is 0. The highest BCUT2D eigenvalue weighted by Gasteiger charge is 1.96. The number of hydrogen-bond acceptors (Lipinski definition) is 4. The van der Waals surface area contributed by atoms with Crippen molar-refractivity contribution in [3.63, 3.8) is 0 Å². The van der Waals surface area contributed by atoms with E-state index < -0.39 is 0 Å². The highest BCUT2D eigenvalue weighted by atomic mass is 15.3. The van der Waals surface area contributed by atoms with Crippen LogP contribution in [-0.2, 0) is 6.42 Å². The third kappa shape index (κ3) is 1.88. The van der Waals surface area contributed by atoms with E-state index in [0.29, 0.717) is 5.82 Å². The van der Waals surface area contributed by atoms with E-state index in [1.165, 1.54) is 0 Å². The third-order valence-corrected chi connectivity index (χ3v) is 1.40. The number of aryl methyl sites for hydroxylation is 2. The Kier molecular flexibility index (Phi) is 2.38. The Bertz CT molecular complexity index is 224. The second kappa shape index (κ2) is 3.30. The van der Waals surface area contributed by atoms with Gasteiger partial charge in [0, 0.05) is 11.8 Å². The molecular weight excluding hydrogens is 140 g/mol. The van der Waals surface area contributed by atoms with E-state index >= 15 is 0 Å². The molecule has 0 bridgehead atoms. The topological polar surface area (TPSA) is 63.8 Å². The lowest BCUT2D eigenvalue weighted by Crippen LogP contribution is -2.10. The maximum atomic E-state index is 5.20. The van der Waals surface area contributed by atoms with E-state index in [1.807, 2.05) is 19.9 Å². The standard InChI is InChI=1S/C7H12N4/c1-3-6-4-7(11-8)10-5(2)9-6/h4H,3,8H2,1-2H3,(H,9,10,11). The van der Waals surface area contributed by atoms with Gasteiger partial charge in [-0.3, -0.25) is 0 Å². The lowest BCUT2D eigenvalue weighted by atomic mass is 10.3. The van der Waals surface area contributed by atoms with Crippen LogP contribution in [0.25, 0.3) is 0 Å². The van der Waals surface area contributed by atoms with E-state index in [2.05, 4.69) is 15.4 Å². The molecule has 1 aromatic rings. The third-order valence-electron chi connectivity index (χ3n) is 1.40. The number of hydrazine groups is 1. The van der Waals surface area contributed by atoms with Crippen LogP contribution in [0.15, 0.2) is 6.07 Å². The van der Waals surface area contributed by atoms with Crippen LogP contribution in [-0.4, -0.2) is 9.97 Å². The number of nitrogens with zero attached hydrogens (tertiary/aromatic N) is 2. The van der Waals surface area contributed by atoms with E-state index in [4.69, 9.17) is 5.84 Å². The van der Waals surface area contributed by atoms with Gasteiger partial charge in [-0.2, -0.15) is 0 Å². The fourth-order valence-corrected chi connectivity index (χ4v) is 0.885. The lowest BCUT2D eigenvalue weighted by molar-refractivity contribution is 0.947. The molecule has 0 aromatic carbocycles. The molecule has 0 aliphatic carbocycles. The SMILES string of the molecule is CCc1cc(NN)nc(C)n1. The lowest BCUT2D eigenvalue weighted by Gasteiger charge is -2.02. The molecule has 0 radical (unpaired) electrons. The minimum Gasteiger partial charge on any atom is -0.308 e. The van der Waals surface area contributed by atoms with Crippen LogP contribution in [0.2, 0.25) is 0 Å². The van der Waals surface area contributed by atoms with Gasteiger partial charge in [-0.15, -0.1) is 0 Å². The van der Waals surface area contributed by atoms with Gasteiger partial charge in [0.15, 0.2) is 0 Å². The van der Waals surface area contributed by atoms with Gasteiger partial charge in [-0.25, -0.2) is 15.8 Å². The number of hydrogen-bond donors (Lipinski definition) is 2. The van der Waals surface area contributed by atoms with Gasteiger partial charge < -0.3 is 5.43 Å². The summed E-state index contributed by atoms with van der Waals surface area (Å²) in [6, 6.07) is 1.84. The second-order valence-electron chi connectivity index (χ2n) is 2.29. The number of nitrogens with one attached hydrogen (secondary N) is 1. The molecule has 1 heterocycles. The molecule has 4 heteroatoms. The minimum atomic E-state index is 0.675. The number of nitrogen functional groups attached to an aromatic ring is 1. The molecule has 3 N–H and O–H groups in total. The average Bonchev–Trinajstić information content (AvgIpc) is 2.03. The van der Waals surface area contributed by atoms with Crippen LogP contribution in [0.4, 0.5) is 5.82 Å². The minimum absolute atomic E-state index is 0.675. The molecule has 0 spiro atoms. The van der Waals surface area contributed by atoms with E-state index in [1.54, 1.807) is 0 Å². The monoisotopic (exact) mass is 152 g/mol. The quantitative estimate of drug-likeness (QED) is 0.482. The molecule has 4 nitrogen and oxygen atoms in total. The summed E-state index contributed by atoms with van der Waals surface area (Å²) in [6.07, 6.45) is 0.901. The Balaban J connectivity index is 3.02. The van der Waals surface area contributed by atoms with Gasteiger partial charge >= 0.3 is 0 Å². The normalized spacial score (nSPS) is 9.73. The zero-order valence-corrected chi connectivity index (χ0v) is 6.76. The predicted octanol–water partition coefficient (Wildman–Crippen LogP) is 0.633. The van der Waals surface area contributed by atoms with E-state index in [9.17, 15) is 0 Å². The summed E-state index contributed by atoms with van der Waals surface area (Å²) >= 11 is 0. The first kappa shape index (κ1) is 7.94. The maximum Gasteiger partial charge on any atom is 0.143 e. The molecule has 0 saturated carbocycles. The maximum absolute atomic E-state index is 5.20. The summed E-state index contributed by atoms with van der Waals surface area (Å²) in [5.74, 6) is 6.62. The van der Waals surface area contributed by atoms with Crippen LogP contribution in [0, 0.1) is 6.92 Å². The second-order valence-corrected chi connectivity index (χ2v) is 2.29. The molecule has 1 aromatic heterocycles. The molecule has 0 amide bonds. The van der Waals surface area contributed by atoms with E-state index in [-0.39, 0.29) is 0 Å². The van der Waals surface area contributed by atoms with Gasteiger partial charge in [-0.1, -0.05) is 6.92 Å². The highest BCUT2D eigenvalue weighted by molar-refractivity contribution is 5.34. The average molecular weight is 152 g/mol. The Morgan fingerprint density at radius 1 is 1.55 bits per heavy atom. The first-order valence-electron chi connectivity index (χ1n) is 3.57. The van der Waals surface area contributed by atoms with Crippen molar-refractivity contribution in [1.82, 2.24) is 9.97 Å². The molecule has 0 aliphatic rings. The van der Waals surface area contributed by atoms with Crippen LogP contribution < -0.4 is 11.3 Å². The fraction of sp³-hybridized carbons (Fsp3) is 0.429. The van der Waals surface area contributed by atoms with Crippen molar-refractivity contribution in [2.75, 3.05) is 5.43 Å². The van der Waals surface area contributed by atoms with Gasteiger partial charge in [-0.05, 0) is 13.3 Å². The van der Waals surface area contributed by atoms with Gasteiger partial charge in [0.1, 0.15) is 11.6 Å². The van der Waals surface area contributed by atoms with Crippen LogP contribution in [0.5, 0.6) is 0 Å². The zero-order chi connectivity index (χ0) is 8.27. The molecule has 1 rings (SSSR count). The molecule has 0 fully saturated rings. The number of anilines is 1. The van der Waals surface area contributed by atoms with Gasteiger partial charge in [0.25, 0.3) is 0 Å². The summed E-state index contributed by atoms with van der Waals surface area (Å²) in [6.45, 7) is 3.89. The van der Waals surface area contributed by atoms with E-state index in [0.717, 1.165) is 17.9 Å². The zero-order valence-electron chi connectivity index (χ0n) is 6.76. The molecule has 0 aliphatic heterocycles. The summed E-state index contributed by atoms with van der Waals surface area (Å²) < 4.78 is 0. The molecule has 0 unspecified atom stereocenters. The first-order valence-corrected chi connectivity index (χ1v) is 3.57. The summed E-state index contributed by atoms with van der Waals surface area (Å²) in [4.78, 5) is 8.25. The Labute approximate surface area is 65.8 Å². The van der Waals surface area contributed by atoms with Gasteiger partial charge in [0.05, 0.1) is 0 Å². The van der Waals surface area contributed by atoms with Gasteiger partial charge in [0.2, 0.25) is 0 Å². The van der Waals surface area contributed by atoms with Crippen LogP contribution in [0.1, 0.15) is 18.4 Å². The number of nitrogens with two attached hydrogens (primary N) is 1. The van der Waals surface area contributed by atoms with Crippen LogP contribution in [0.3, 0.4) is 0 Å². The van der Waals surface area contributed by atoms with Crippen molar-refractivity contribution in [2.24, 2.45) is 5.84 Å². The smallest absolute Gasteiger partial charge is 0.143 e. The Morgan fingerprint density at radius 3 is 2.82 bits per heavy atom. The number of aromatic nitrogens is 2. The van der Waals surface area contributed by atoms with Crippen molar-refractivity contribution in [3.8, 4) is 0 Å². The molecule has 11 heavy (non-hydrogen) atoms. The van der Waals surface area contributed by atoms with Crippen molar-refractivity contribution in [1.29, 1.82) is 0 Å². The Hall–Kier alpha value is -1.16. The fourth-order valence-electron chi connectivity index (χ4n) is 0.885. The van der Waals surface area contributed by atoms with Crippen molar-refractivity contribution in [3.05, 3.63) is 17.6 Å². The highest BCUT2D eigenvalue weighted by Crippen LogP contribution is 2.04. The number of rotatable bonds is 2. The molecule has 60 valence electrons. The summed E-state index contributed by atoms with van der Waals surface area (Å²) in [5.41, 5.74) is 3.50.